The molecular formula is C23H34N4OS+2. The third-order valence-electron chi connectivity index (χ3n) is 7.37. The van der Waals surface area contributed by atoms with Gasteiger partial charge in [0.2, 0.25) is 0 Å². The number of fused-ring (bicyclic) bond motifs is 2. The SMILES string of the molecule is O=C(C[NH+]1CC[NH+](Cc2nc3ccccc3s2)CC1)N1CCC[C@H]2CCCC[C@H]21. The van der Waals surface area contributed by atoms with Crippen molar-refractivity contribution in [3.8, 4) is 0 Å². The van der Waals surface area contributed by atoms with Crippen molar-refractivity contribution in [3.05, 3.63) is 29.3 Å². The summed E-state index contributed by atoms with van der Waals surface area (Å²) >= 11 is 1.83. The molecule has 5 nitrogen and oxygen atoms in total. The van der Waals surface area contributed by atoms with Crippen LogP contribution in [0.1, 0.15) is 43.5 Å². The number of likely N-dealkylation sites (tertiary alicyclic amines) is 1. The third-order valence-corrected chi connectivity index (χ3v) is 8.40. The average molecular weight is 415 g/mol. The number of piperidine rings is 1. The molecule has 3 aliphatic rings. The van der Waals surface area contributed by atoms with E-state index in [4.69, 9.17) is 4.98 Å². The highest BCUT2D eigenvalue weighted by Gasteiger charge is 2.37. The van der Waals surface area contributed by atoms with Crippen LogP contribution in [0, 0.1) is 5.92 Å². The number of benzene rings is 1. The Morgan fingerprint density at radius 3 is 2.66 bits per heavy atom. The van der Waals surface area contributed by atoms with Crippen molar-refractivity contribution >= 4 is 27.5 Å². The number of rotatable bonds is 4. The molecule has 0 radical (unpaired) electrons. The summed E-state index contributed by atoms with van der Waals surface area (Å²) in [6.45, 7) is 7.23. The molecule has 1 aromatic heterocycles. The number of thiazole rings is 1. The lowest BCUT2D eigenvalue weighted by atomic mass is 9.78. The molecule has 2 atom stereocenters. The number of nitrogens with one attached hydrogen (secondary N) is 2. The van der Waals surface area contributed by atoms with Crippen LogP contribution in [0.2, 0.25) is 0 Å². The molecule has 1 saturated carbocycles. The minimum Gasteiger partial charge on any atom is -0.335 e. The smallest absolute Gasteiger partial charge is 0.278 e. The zero-order chi connectivity index (χ0) is 19.6. The maximum atomic E-state index is 13.1. The molecule has 0 spiro atoms. The number of para-hydroxylation sites is 1. The number of carbonyl (C=O) groups is 1. The lowest BCUT2D eigenvalue weighted by Gasteiger charge is -2.44. The van der Waals surface area contributed by atoms with Crippen molar-refractivity contribution in [2.45, 2.75) is 51.1 Å². The van der Waals surface area contributed by atoms with Crippen LogP contribution >= 0.6 is 11.3 Å². The van der Waals surface area contributed by atoms with Gasteiger partial charge in [0.15, 0.2) is 6.54 Å². The van der Waals surface area contributed by atoms with E-state index >= 15 is 0 Å². The zero-order valence-corrected chi connectivity index (χ0v) is 18.2. The van der Waals surface area contributed by atoms with Gasteiger partial charge in [0.05, 0.1) is 10.2 Å². The van der Waals surface area contributed by atoms with Gasteiger partial charge >= 0.3 is 0 Å². The number of hydrogen-bond donors (Lipinski definition) is 2. The number of piperazine rings is 1. The van der Waals surface area contributed by atoms with Gasteiger partial charge in [0, 0.05) is 12.6 Å². The summed E-state index contributed by atoms with van der Waals surface area (Å²) in [6.07, 6.45) is 7.82. The minimum atomic E-state index is 0.422. The molecule has 1 aliphatic carbocycles. The van der Waals surface area contributed by atoms with E-state index < -0.39 is 0 Å². The van der Waals surface area contributed by atoms with Crippen LogP contribution in [0.5, 0.6) is 0 Å². The first kappa shape index (κ1) is 19.5. The van der Waals surface area contributed by atoms with Gasteiger partial charge in [0.25, 0.3) is 5.91 Å². The number of amides is 1. The topological polar surface area (TPSA) is 42.1 Å². The van der Waals surface area contributed by atoms with Crippen molar-refractivity contribution in [3.63, 3.8) is 0 Å². The Balaban J connectivity index is 1.12. The third kappa shape index (κ3) is 4.35. The van der Waals surface area contributed by atoms with Crippen LogP contribution in [-0.4, -0.2) is 61.1 Å². The molecular weight excluding hydrogens is 380 g/mol. The number of hydrogen-bond acceptors (Lipinski definition) is 3. The molecule has 2 saturated heterocycles. The summed E-state index contributed by atoms with van der Waals surface area (Å²) in [4.78, 5) is 23.3. The van der Waals surface area contributed by atoms with Crippen LogP contribution in [-0.2, 0) is 11.3 Å². The Kier molecular flexibility index (Phi) is 5.84. The largest absolute Gasteiger partial charge is 0.335 e. The van der Waals surface area contributed by atoms with E-state index in [0.717, 1.165) is 50.7 Å². The van der Waals surface area contributed by atoms with Gasteiger partial charge in [-0.25, -0.2) is 4.98 Å². The first-order chi connectivity index (χ1) is 14.3. The quantitative estimate of drug-likeness (QED) is 0.776. The second-order valence-electron chi connectivity index (χ2n) is 9.27. The van der Waals surface area contributed by atoms with E-state index in [1.54, 1.807) is 4.90 Å². The Morgan fingerprint density at radius 1 is 1.03 bits per heavy atom. The second kappa shape index (κ2) is 8.70. The van der Waals surface area contributed by atoms with Crippen LogP contribution in [0.15, 0.2) is 24.3 Å². The van der Waals surface area contributed by atoms with E-state index in [1.807, 2.05) is 11.3 Å². The molecule has 1 aromatic carbocycles. The van der Waals surface area contributed by atoms with Crippen molar-refractivity contribution in [1.82, 2.24) is 9.88 Å². The monoisotopic (exact) mass is 414 g/mol. The fourth-order valence-corrected chi connectivity index (χ4v) is 6.81. The lowest BCUT2D eigenvalue weighted by Crippen LogP contribution is -3.28. The standard InChI is InChI=1S/C23H32N4OS/c28-23(27-11-5-7-18-6-1-3-9-20(18)27)17-26-14-12-25(13-15-26)16-22-24-19-8-2-4-10-21(19)29-22/h2,4,8,10,18,20H,1,3,5-7,9,11-17H2/p+2/t18-,20-/m1/s1. The first-order valence-electron chi connectivity index (χ1n) is 11.6. The van der Waals surface area contributed by atoms with E-state index in [0.29, 0.717) is 18.5 Å². The summed E-state index contributed by atoms with van der Waals surface area (Å²) in [5, 5.41) is 1.25. The second-order valence-corrected chi connectivity index (χ2v) is 10.4. The summed E-state index contributed by atoms with van der Waals surface area (Å²) in [5.41, 5.74) is 1.13. The van der Waals surface area contributed by atoms with Crippen LogP contribution in [0.25, 0.3) is 10.2 Å². The van der Waals surface area contributed by atoms with Gasteiger partial charge in [-0.2, -0.15) is 0 Å². The van der Waals surface area contributed by atoms with Gasteiger partial charge in [-0.3, -0.25) is 4.79 Å². The average Bonchev–Trinajstić information content (AvgIpc) is 3.17. The summed E-state index contributed by atoms with van der Waals surface area (Å²) in [7, 11) is 0. The van der Waals surface area contributed by atoms with Crippen molar-refractivity contribution < 1.29 is 14.6 Å². The molecule has 29 heavy (non-hydrogen) atoms. The molecule has 2 aliphatic heterocycles. The van der Waals surface area contributed by atoms with Crippen molar-refractivity contribution in [2.24, 2.45) is 5.92 Å². The number of aromatic nitrogens is 1. The van der Waals surface area contributed by atoms with Gasteiger partial charge in [-0.1, -0.05) is 25.0 Å². The van der Waals surface area contributed by atoms with Gasteiger partial charge in [-0.05, 0) is 43.7 Å². The summed E-state index contributed by atoms with van der Waals surface area (Å²) in [6, 6.07) is 8.98. The highest BCUT2D eigenvalue weighted by Crippen LogP contribution is 2.35. The molecule has 5 rings (SSSR count). The molecule has 2 N–H and O–H groups in total. The molecule has 1 amide bonds. The fraction of sp³-hybridized carbons (Fsp3) is 0.652. The summed E-state index contributed by atoms with van der Waals surface area (Å²) < 4.78 is 1.29. The number of nitrogens with zero attached hydrogens (tertiary/aromatic N) is 2. The first-order valence-corrected chi connectivity index (χ1v) is 12.4. The van der Waals surface area contributed by atoms with Gasteiger partial charge in [-0.15, -0.1) is 11.3 Å². The number of carbonyl (C=O) groups excluding carboxylic acids is 1. The van der Waals surface area contributed by atoms with Crippen molar-refractivity contribution in [2.75, 3.05) is 39.3 Å². The lowest BCUT2D eigenvalue weighted by molar-refractivity contribution is -1.02. The minimum absolute atomic E-state index is 0.422. The maximum absolute atomic E-state index is 13.1. The van der Waals surface area contributed by atoms with Crippen molar-refractivity contribution in [1.29, 1.82) is 0 Å². The Morgan fingerprint density at radius 2 is 1.79 bits per heavy atom. The Labute approximate surface area is 177 Å². The molecule has 0 bridgehead atoms. The molecule has 0 unspecified atom stereocenters. The van der Waals surface area contributed by atoms with Crippen LogP contribution < -0.4 is 9.80 Å². The maximum Gasteiger partial charge on any atom is 0.278 e. The van der Waals surface area contributed by atoms with E-state index in [2.05, 4.69) is 29.2 Å². The highest BCUT2D eigenvalue weighted by molar-refractivity contribution is 7.18. The Bertz CT molecular complexity index is 809. The summed E-state index contributed by atoms with van der Waals surface area (Å²) in [5.74, 6) is 1.21. The van der Waals surface area contributed by atoms with E-state index in [-0.39, 0.29) is 0 Å². The van der Waals surface area contributed by atoms with Gasteiger partial charge < -0.3 is 14.7 Å². The van der Waals surface area contributed by atoms with E-state index in [1.165, 1.54) is 53.1 Å². The fourth-order valence-electron chi connectivity index (χ4n) is 5.77. The molecule has 6 heteroatoms. The Hall–Kier alpha value is -1.50. The normalized spacial score (nSPS) is 30.3. The van der Waals surface area contributed by atoms with Crippen LogP contribution in [0.3, 0.4) is 0 Å². The zero-order valence-electron chi connectivity index (χ0n) is 17.4. The number of quaternary nitrogens is 2. The molecule has 3 fully saturated rings. The highest BCUT2D eigenvalue weighted by atomic mass is 32.1. The predicted octanol–water partition coefficient (Wildman–Crippen LogP) is 0.761. The van der Waals surface area contributed by atoms with E-state index in [9.17, 15) is 4.79 Å². The molecule has 2 aromatic rings. The molecule has 3 heterocycles. The van der Waals surface area contributed by atoms with Gasteiger partial charge in [0.1, 0.15) is 37.7 Å². The predicted molar refractivity (Wildman–Crippen MR) is 116 cm³/mol. The van der Waals surface area contributed by atoms with Crippen LogP contribution in [0.4, 0.5) is 0 Å². The molecule has 156 valence electrons.